The van der Waals surface area contributed by atoms with E-state index in [9.17, 15) is 9.18 Å². The van der Waals surface area contributed by atoms with Gasteiger partial charge in [-0.05, 0) is 12.1 Å². The lowest BCUT2D eigenvalue weighted by atomic mass is 10.1. The van der Waals surface area contributed by atoms with E-state index in [1.807, 2.05) is 0 Å². The molecule has 0 atom stereocenters. The van der Waals surface area contributed by atoms with Gasteiger partial charge in [0.1, 0.15) is 11.6 Å². The van der Waals surface area contributed by atoms with E-state index in [1.165, 1.54) is 19.2 Å². The van der Waals surface area contributed by atoms with Gasteiger partial charge in [-0.25, -0.2) is 4.39 Å². The molecule has 2 rings (SSSR count). The molecule has 6 heteroatoms. The van der Waals surface area contributed by atoms with Gasteiger partial charge < -0.3 is 15.4 Å². The Morgan fingerprint density at radius 2 is 2.05 bits per heavy atom. The van der Waals surface area contributed by atoms with E-state index >= 15 is 0 Å². The van der Waals surface area contributed by atoms with Gasteiger partial charge in [-0.2, -0.15) is 0 Å². The van der Waals surface area contributed by atoms with E-state index in [1.54, 1.807) is 11.0 Å². The number of piperazine rings is 1. The molecule has 1 aliphatic rings. The summed E-state index contributed by atoms with van der Waals surface area (Å²) >= 11 is 0. The van der Waals surface area contributed by atoms with Crippen LogP contribution in [0.2, 0.25) is 0 Å². The Bertz CT molecular complexity index is 473. The molecule has 20 heavy (non-hydrogen) atoms. The van der Waals surface area contributed by atoms with E-state index in [2.05, 4.69) is 4.90 Å². The number of carbonyl (C=O) groups excluding carboxylic acids is 1. The standard InChI is InChI=1S/C14H20FN3O2/c1-20-11-2-3-12(13(15)10-11)14(19)18-8-6-17(5-4-16)7-9-18/h2-3,10H,4-9,16H2,1H3. The minimum absolute atomic E-state index is 0.0954. The molecular formula is C14H20FN3O2. The fraction of sp³-hybridized carbons (Fsp3) is 0.500. The van der Waals surface area contributed by atoms with Crippen molar-refractivity contribution in [2.75, 3.05) is 46.4 Å². The van der Waals surface area contributed by atoms with Crippen LogP contribution in [-0.2, 0) is 0 Å². The zero-order valence-electron chi connectivity index (χ0n) is 11.6. The van der Waals surface area contributed by atoms with Gasteiger partial charge >= 0.3 is 0 Å². The van der Waals surface area contributed by atoms with Crippen molar-refractivity contribution in [3.8, 4) is 5.75 Å². The van der Waals surface area contributed by atoms with Gasteiger partial charge in [0.05, 0.1) is 12.7 Å². The highest BCUT2D eigenvalue weighted by Gasteiger charge is 2.23. The third kappa shape index (κ3) is 3.26. The van der Waals surface area contributed by atoms with Crippen LogP contribution in [0.5, 0.6) is 5.75 Å². The summed E-state index contributed by atoms with van der Waals surface area (Å²) in [5.74, 6) is -0.400. The lowest BCUT2D eigenvalue weighted by Crippen LogP contribution is -2.49. The monoisotopic (exact) mass is 281 g/mol. The number of methoxy groups -OCH3 is 1. The van der Waals surface area contributed by atoms with Gasteiger partial charge in [0.2, 0.25) is 0 Å². The number of amides is 1. The van der Waals surface area contributed by atoms with Crippen molar-refractivity contribution in [2.24, 2.45) is 5.73 Å². The quantitative estimate of drug-likeness (QED) is 0.875. The summed E-state index contributed by atoms with van der Waals surface area (Å²) in [7, 11) is 1.47. The Labute approximate surface area is 118 Å². The molecule has 0 spiro atoms. The Morgan fingerprint density at radius 3 is 2.60 bits per heavy atom. The first-order valence-corrected chi connectivity index (χ1v) is 6.71. The molecule has 1 aromatic rings. The Morgan fingerprint density at radius 1 is 1.35 bits per heavy atom. The van der Waals surface area contributed by atoms with Crippen molar-refractivity contribution in [1.29, 1.82) is 0 Å². The summed E-state index contributed by atoms with van der Waals surface area (Å²) in [6.45, 7) is 4.20. The van der Waals surface area contributed by atoms with Gasteiger partial charge in [0, 0.05) is 45.3 Å². The largest absolute Gasteiger partial charge is 0.497 e. The fourth-order valence-electron chi connectivity index (χ4n) is 2.32. The first kappa shape index (κ1) is 14.7. The molecule has 0 aromatic heterocycles. The van der Waals surface area contributed by atoms with Crippen molar-refractivity contribution in [2.45, 2.75) is 0 Å². The maximum atomic E-state index is 13.9. The van der Waals surface area contributed by atoms with Gasteiger partial charge in [0.25, 0.3) is 5.91 Å². The van der Waals surface area contributed by atoms with E-state index < -0.39 is 5.82 Å². The molecule has 1 aromatic carbocycles. The zero-order chi connectivity index (χ0) is 14.5. The van der Waals surface area contributed by atoms with Crippen LogP contribution in [0.3, 0.4) is 0 Å². The molecule has 0 saturated carbocycles. The minimum Gasteiger partial charge on any atom is -0.497 e. The molecule has 0 radical (unpaired) electrons. The van der Waals surface area contributed by atoms with Crippen LogP contribution in [0.4, 0.5) is 4.39 Å². The molecule has 110 valence electrons. The van der Waals surface area contributed by atoms with Crippen LogP contribution in [0, 0.1) is 5.82 Å². The molecule has 1 saturated heterocycles. The molecule has 5 nitrogen and oxygen atoms in total. The summed E-state index contributed by atoms with van der Waals surface area (Å²) in [4.78, 5) is 16.2. The Kier molecular flexibility index (Phi) is 4.92. The molecule has 1 heterocycles. The average Bonchev–Trinajstić information content (AvgIpc) is 2.47. The highest BCUT2D eigenvalue weighted by Crippen LogP contribution is 2.18. The fourth-order valence-corrected chi connectivity index (χ4v) is 2.32. The van der Waals surface area contributed by atoms with Gasteiger partial charge in [-0.1, -0.05) is 0 Å². The van der Waals surface area contributed by atoms with E-state index in [0.29, 0.717) is 25.4 Å². The normalized spacial score (nSPS) is 16.2. The van der Waals surface area contributed by atoms with Crippen LogP contribution in [0.15, 0.2) is 18.2 Å². The highest BCUT2D eigenvalue weighted by atomic mass is 19.1. The molecule has 0 bridgehead atoms. The third-order valence-electron chi connectivity index (χ3n) is 3.51. The van der Waals surface area contributed by atoms with Crippen LogP contribution in [0.25, 0.3) is 0 Å². The maximum Gasteiger partial charge on any atom is 0.256 e. The van der Waals surface area contributed by atoms with E-state index in [4.69, 9.17) is 10.5 Å². The lowest BCUT2D eigenvalue weighted by Gasteiger charge is -2.34. The second-order valence-electron chi connectivity index (χ2n) is 4.77. The maximum absolute atomic E-state index is 13.9. The van der Waals surface area contributed by atoms with E-state index in [-0.39, 0.29) is 11.5 Å². The zero-order valence-corrected chi connectivity index (χ0v) is 11.6. The minimum atomic E-state index is -0.543. The van der Waals surface area contributed by atoms with Gasteiger partial charge in [-0.15, -0.1) is 0 Å². The summed E-state index contributed by atoms with van der Waals surface area (Å²) in [6, 6.07) is 4.31. The first-order chi connectivity index (χ1) is 9.65. The molecule has 0 unspecified atom stereocenters. The van der Waals surface area contributed by atoms with Gasteiger partial charge in [-0.3, -0.25) is 9.69 Å². The Hall–Kier alpha value is -1.66. The molecule has 2 N–H and O–H groups in total. The number of ether oxygens (including phenoxy) is 1. The summed E-state index contributed by atoms with van der Waals surface area (Å²) in [5, 5.41) is 0. The summed E-state index contributed by atoms with van der Waals surface area (Å²) in [5.41, 5.74) is 5.60. The lowest BCUT2D eigenvalue weighted by molar-refractivity contribution is 0.0636. The second-order valence-corrected chi connectivity index (χ2v) is 4.77. The molecule has 1 aliphatic heterocycles. The number of carbonyl (C=O) groups is 1. The number of nitrogens with zero attached hydrogens (tertiary/aromatic N) is 2. The van der Waals surface area contributed by atoms with Crippen molar-refractivity contribution in [3.63, 3.8) is 0 Å². The third-order valence-corrected chi connectivity index (χ3v) is 3.51. The van der Waals surface area contributed by atoms with Crippen LogP contribution in [-0.4, -0.2) is 62.1 Å². The first-order valence-electron chi connectivity index (χ1n) is 6.71. The van der Waals surface area contributed by atoms with Crippen LogP contribution >= 0.6 is 0 Å². The van der Waals surface area contributed by atoms with Crippen molar-refractivity contribution < 1.29 is 13.9 Å². The number of hydrogen-bond acceptors (Lipinski definition) is 4. The number of nitrogens with two attached hydrogens (primary N) is 1. The van der Waals surface area contributed by atoms with Crippen molar-refractivity contribution >= 4 is 5.91 Å². The van der Waals surface area contributed by atoms with Crippen LogP contribution in [0.1, 0.15) is 10.4 Å². The smallest absolute Gasteiger partial charge is 0.256 e. The SMILES string of the molecule is COc1ccc(C(=O)N2CCN(CCN)CC2)c(F)c1. The predicted octanol–water partition coefficient (Wildman–Crippen LogP) is 0.551. The molecule has 0 aliphatic carbocycles. The molecule has 1 amide bonds. The average molecular weight is 281 g/mol. The predicted molar refractivity (Wildman–Crippen MR) is 74.3 cm³/mol. The van der Waals surface area contributed by atoms with E-state index in [0.717, 1.165) is 19.6 Å². The number of benzene rings is 1. The van der Waals surface area contributed by atoms with Crippen molar-refractivity contribution in [3.05, 3.63) is 29.6 Å². The second kappa shape index (κ2) is 6.67. The summed E-state index contributed by atoms with van der Waals surface area (Å²) in [6.07, 6.45) is 0. The van der Waals surface area contributed by atoms with Crippen molar-refractivity contribution in [1.82, 2.24) is 9.80 Å². The topological polar surface area (TPSA) is 58.8 Å². The van der Waals surface area contributed by atoms with Crippen LogP contribution < -0.4 is 10.5 Å². The number of rotatable bonds is 4. The Balaban J connectivity index is 2.02. The molecule has 1 fully saturated rings. The molecular weight excluding hydrogens is 261 g/mol. The highest BCUT2D eigenvalue weighted by molar-refractivity contribution is 5.94. The summed E-state index contributed by atoms with van der Waals surface area (Å²) < 4.78 is 18.8. The number of hydrogen-bond donors (Lipinski definition) is 1. The number of halogens is 1. The van der Waals surface area contributed by atoms with Gasteiger partial charge in [0.15, 0.2) is 0 Å².